The lowest BCUT2D eigenvalue weighted by molar-refractivity contribution is 0.669. The zero-order valence-electron chi connectivity index (χ0n) is 29.4. The van der Waals surface area contributed by atoms with Gasteiger partial charge in [-0.25, -0.2) is 9.97 Å². The van der Waals surface area contributed by atoms with Crippen molar-refractivity contribution in [1.82, 2.24) is 14.5 Å². The highest BCUT2D eigenvalue weighted by Gasteiger charge is 2.18. The van der Waals surface area contributed by atoms with Gasteiger partial charge >= 0.3 is 0 Å². The summed E-state index contributed by atoms with van der Waals surface area (Å²) in [6.07, 6.45) is 0. The molecule has 258 valence electrons. The molecule has 11 aromatic rings. The van der Waals surface area contributed by atoms with Gasteiger partial charge < -0.3 is 8.98 Å². The van der Waals surface area contributed by atoms with Crippen LogP contribution < -0.4 is 0 Å². The van der Waals surface area contributed by atoms with Crippen molar-refractivity contribution in [3.63, 3.8) is 0 Å². The summed E-state index contributed by atoms with van der Waals surface area (Å²) >= 11 is 6.45. The van der Waals surface area contributed by atoms with Crippen LogP contribution in [0.1, 0.15) is 0 Å². The van der Waals surface area contributed by atoms with Gasteiger partial charge in [0.1, 0.15) is 11.2 Å². The molecule has 0 radical (unpaired) electrons. The van der Waals surface area contributed by atoms with E-state index in [-0.39, 0.29) is 0 Å². The third-order valence-corrected chi connectivity index (χ3v) is 10.9. The minimum atomic E-state index is 0.655. The topological polar surface area (TPSA) is 43.9 Å². The van der Waals surface area contributed by atoms with Gasteiger partial charge in [-0.3, -0.25) is 0 Å². The lowest BCUT2D eigenvalue weighted by Gasteiger charge is -2.11. The zero-order valence-corrected chi connectivity index (χ0v) is 30.2. The lowest BCUT2D eigenvalue weighted by atomic mass is 9.96. The first kappa shape index (κ1) is 31.5. The van der Waals surface area contributed by atoms with E-state index in [2.05, 4.69) is 150 Å². The van der Waals surface area contributed by atoms with Crippen LogP contribution in [0.15, 0.2) is 186 Å². The van der Waals surface area contributed by atoms with Gasteiger partial charge in [0.2, 0.25) is 0 Å². The Morgan fingerprint density at radius 3 is 2.02 bits per heavy atom. The van der Waals surface area contributed by atoms with Gasteiger partial charge in [0.15, 0.2) is 5.82 Å². The summed E-state index contributed by atoms with van der Waals surface area (Å²) in [5, 5.41) is 6.19. The molecule has 0 N–H and O–H groups in total. The number of hydrogen-bond donors (Lipinski definition) is 0. The summed E-state index contributed by atoms with van der Waals surface area (Å²) in [6, 6.07) is 63.3. The molecule has 0 saturated carbocycles. The van der Waals surface area contributed by atoms with Crippen molar-refractivity contribution in [2.24, 2.45) is 0 Å². The molecule has 0 spiro atoms. The number of nitrogens with zero attached hydrogens (tertiary/aromatic N) is 3. The highest BCUT2D eigenvalue weighted by atomic mass is 35.5. The number of benzene rings is 8. The molecule has 0 bridgehead atoms. The quantitative estimate of drug-likeness (QED) is 0.178. The Morgan fingerprint density at radius 1 is 0.436 bits per heavy atom. The normalized spacial score (nSPS) is 11.7. The van der Waals surface area contributed by atoms with Crippen molar-refractivity contribution in [3.05, 3.63) is 187 Å². The van der Waals surface area contributed by atoms with Crippen LogP contribution in [0, 0.1) is 0 Å². The molecule has 3 heterocycles. The van der Waals surface area contributed by atoms with E-state index in [0.717, 1.165) is 77.6 Å². The fraction of sp³-hybridized carbons (Fsp3) is 0. The first-order valence-corrected chi connectivity index (χ1v) is 18.7. The lowest BCUT2D eigenvalue weighted by Crippen LogP contribution is -1.95. The molecule has 0 aliphatic carbocycles. The Kier molecular flexibility index (Phi) is 7.19. The molecule has 0 fully saturated rings. The van der Waals surface area contributed by atoms with E-state index in [1.54, 1.807) is 0 Å². The summed E-state index contributed by atoms with van der Waals surface area (Å²) < 4.78 is 8.83. The molecule has 11 rings (SSSR count). The minimum absolute atomic E-state index is 0.655. The van der Waals surface area contributed by atoms with Crippen molar-refractivity contribution in [3.8, 4) is 50.6 Å². The van der Waals surface area contributed by atoms with Crippen LogP contribution in [0.25, 0.3) is 105 Å². The first-order valence-electron chi connectivity index (χ1n) is 18.3. The van der Waals surface area contributed by atoms with Crippen LogP contribution in [0.5, 0.6) is 0 Å². The summed E-state index contributed by atoms with van der Waals surface area (Å²) in [5.74, 6) is 0.658. The molecule has 0 atom stereocenters. The van der Waals surface area contributed by atoms with Crippen LogP contribution in [0.4, 0.5) is 0 Å². The molecule has 0 unspecified atom stereocenters. The van der Waals surface area contributed by atoms with E-state index < -0.39 is 0 Å². The predicted molar refractivity (Wildman–Crippen MR) is 228 cm³/mol. The molecular weight excluding hydrogens is 694 g/mol. The fourth-order valence-corrected chi connectivity index (χ4v) is 8.30. The minimum Gasteiger partial charge on any atom is -0.456 e. The second-order valence-electron chi connectivity index (χ2n) is 13.9. The van der Waals surface area contributed by atoms with Gasteiger partial charge in [0.25, 0.3) is 0 Å². The van der Waals surface area contributed by atoms with Crippen LogP contribution in [-0.2, 0) is 0 Å². The monoisotopic (exact) mass is 723 g/mol. The maximum absolute atomic E-state index is 6.48. The van der Waals surface area contributed by atoms with Crippen molar-refractivity contribution in [1.29, 1.82) is 0 Å². The van der Waals surface area contributed by atoms with Crippen LogP contribution >= 0.6 is 11.6 Å². The largest absolute Gasteiger partial charge is 0.456 e. The van der Waals surface area contributed by atoms with E-state index in [4.69, 9.17) is 26.0 Å². The standard InChI is InChI=1S/C50H30ClN3O/c51-36-23-24-43-41(30-36)49(31-11-3-1-4-12-31)53-50(52-43)35-14-9-13-34(27-35)38-18-10-20-47-48(38)42-29-33(22-26-46(42)55-47)32-21-25-45-40(28-32)39-17-7-8-19-44(39)54(45)37-15-5-2-6-16-37/h1-30H. The van der Waals surface area contributed by atoms with Gasteiger partial charge in [-0.1, -0.05) is 121 Å². The van der Waals surface area contributed by atoms with E-state index in [1.165, 1.54) is 21.8 Å². The molecule has 0 amide bonds. The summed E-state index contributed by atoms with van der Waals surface area (Å²) in [7, 11) is 0. The van der Waals surface area contributed by atoms with E-state index in [9.17, 15) is 0 Å². The Morgan fingerprint density at radius 2 is 1.15 bits per heavy atom. The molecule has 0 aliphatic rings. The van der Waals surface area contributed by atoms with Crippen molar-refractivity contribution in [2.75, 3.05) is 0 Å². The number of halogens is 1. The van der Waals surface area contributed by atoms with Gasteiger partial charge in [0, 0.05) is 48.8 Å². The predicted octanol–water partition coefficient (Wildman–Crippen LogP) is 13.9. The van der Waals surface area contributed by atoms with Gasteiger partial charge in [-0.2, -0.15) is 0 Å². The molecule has 3 aromatic heterocycles. The number of aromatic nitrogens is 3. The maximum Gasteiger partial charge on any atom is 0.160 e. The molecule has 55 heavy (non-hydrogen) atoms. The molecular formula is C50H30ClN3O. The molecule has 0 saturated heterocycles. The Hall–Kier alpha value is -7.01. The van der Waals surface area contributed by atoms with Crippen LogP contribution in [0.3, 0.4) is 0 Å². The maximum atomic E-state index is 6.48. The summed E-state index contributed by atoms with van der Waals surface area (Å²) in [5.41, 5.74) is 13.3. The van der Waals surface area contributed by atoms with Crippen LogP contribution in [0.2, 0.25) is 5.02 Å². The Balaban J connectivity index is 1.05. The first-order chi connectivity index (χ1) is 27.2. The summed E-state index contributed by atoms with van der Waals surface area (Å²) in [4.78, 5) is 10.2. The third-order valence-electron chi connectivity index (χ3n) is 10.7. The van der Waals surface area contributed by atoms with E-state index >= 15 is 0 Å². The Labute approximate surface area is 321 Å². The molecule has 8 aromatic carbocycles. The second-order valence-corrected chi connectivity index (χ2v) is 14.4. The van der Waals surface area contributed by atoms with Gasteiger partial charge in [-0.15, -0.1) is 0 Å². The Bertz CT molecular complexity index is 3270. The van der Waals surface area contributed by atoms with Crippen molar-refractivity contribution >= 4 is 66.2 Å². The van der Waals surface area contributed by atoms with Crippen molar-refractivity contribution in [2.45, 2.75) is 0 Å². The number of para-hydroxylation sites is 2. The zero-order chi connectivity index (χ0) is 36.5. The highest BCUT2D eigenvalue weighted by molar-refractivity contribution is 6.31. The number of hydrogen-bond acceptors (Lipinski definition) is 3. The number of fused-ring (bicyclic) bond motifs is 7. The molecule has 5 heteroatoms. The molecule has 0 aliphatic heterocycles. The average Bonchev–Trinajstić information content (AvgIpc) is 3.79. The van der Waals surface area contributed by atoms with E-state index in [0.29, 0.717) is 10.8 Å². The fourth-order valence-electron chi connectivity index (χ4n) is 8.13. The van der Waals surface area contributed by atoms with Gasteiger partial charge in [0.05, 0.1) is 22.2 Å². The number of furan rings is 1. The SMILES string of the molecule is Clc1ccc2nc(-c3cccc(-c4cccc5oc6ccc(-c7ccc8c(c7)c7ccccc7n8-c7ccccc7)cc6c45)c3)nc(-c3ccccc3)c2c1. The van der Waals surface area contributed by atoms with E-state index in [1.807, 2.05) is 36.4 Å². The highest BCUT2D eigenvalue weighted by Crippen LogP contribution is 2.41. The third kappa shape index (κ3) is 5.22. The van der Waals surface area contributed by atoms with Crippen LogP contribution in [-0.4, -0.2) is 14.5 Å². The summed E-state index contributed by atoms with van der Waals surface area (Å²) in [6.45, 7) is 0. The van der Waals surface area contributed by atoms with Crippen molar-refractivity contribution < 1.29 is 4.42 Å². The van der Waals surface area contributed by atoms with Gasteiger partial charge in [-0.05, 0) is 95.1 Å². The second kappa shape index (κ2) is 12.6. The number of rotatable bonds is 5. The smallest absolute Gasteiger partial charge is 0.160 e. The average molecular weight is 724 g/mol. The molecule has 4 nitrogen and oxygen atoms in total.